The molecule has 1 aliphatic rings. The monoisotopic (exact) mass is 216 g/mol. The minimum atomic E-state index is -1.01. The molecule has 0 saturated carbocycles. The van der Waals surface area contributed by atoms with Crippen LogP contribution in [0.2, 0.25) is 0 Å². The van der Waals surface area contributed by atoms with Gasteiger partial charge < -0.3 is 10.4 Å². The van der Waals surface area contributed by atoms with Crippen molar-refractivity contribution in [2.45, 2.75) is 6.54 Å². The number of nitrogens with one attached hydrogen (secondary N) is 1. The standard InChI is InChI=1S/C10H8N4O2/c15-10(16)9-8-4-12-6-3-11-2-1-7(6)14(8)5-13-9/h1-3,5,12H,4H2,(H,15,16). The van der Waals surface area contributed by atoms with Crippen LogP contribution < -0.4 is 5.32 Å². The van der Waals surface area contributed by atoms with Crippen molar-refractivity contribution >= 4 is 11.7 Å². The number of imidazole rings is 1. The zero-order chi connectivity index (χ0) is 11.1. The number of pyridine rings is 1. The molecule has 2 aromatic rings. The van der Waals surface area contributed by atoms with E-state index in [1.807, 2.05) is 6.07 Å². The van der Waals surface area contributed by atoms with E-state index in [0.29, 0.717) is 12.2 Å². The molecule has 0 aromatic carbocycles. The Morgan fingerprint density at radius 2 is 2.44 bits per heavy atom. The molecule has 6 nitrogen and oxygen atoms in total. The molecule has 16 heavy (non-hydrogen) atoms. The number of aromatic nitrogens is 3. The van der Waals surface area contributed by atoms with E-state index in [1.54, 1.807) is 17.0 Å². The molecule has 80 valence electrons. The van der Waals surface area contributed by atoms with Gasteiger partial charge in [0.25, 0.3) is 0 Å². The minimum Gasteiger partial charge on any atom is -0.476 e. The third-order valence-corrected chi connectivity index (χ3v) is 2.57. The summed E-state index contributed by atoms with van der Waals surface area (Å²) in [5.41, 5.74) is 2.50. The third kappa shape index (κ3) is 1.10. The molecule has 0 bridgehead atoms. The van der Waals surface area contributed by atoms with Crippen LogP contribution in [0.25, 0.3) is 5.69 Å². The molecule has 0 atom stereocenters. The van der Waals surface area contributed by atoms with Gasteiger partial charge in [-0.15, -0.1) is 0 Å². The first-order valence-electron chi connectivity index (χ1n) is 4.75. The molecular formula is C10H8N4O2. The predicted octanol–water partition coefficient (Wildman–Crippen LogP) is 0.891. The summed E-state index contributed by atoms with van der Waals surface area (Å²) in [5, 5.41) is 12.1. The summed E-state index contributed by atoms with van der Waals surface area (Å²) in [4.78, 5) is 18.8. The van der Waals surface area contributed by atoms with Gasteiger partial charge in [-0.25, -0.2) is 9.78 Å². The predicted molar refractivity (Wildman–Crippen MR) is 55.6 cm³/mol. The molecule has 2 aromatic heterocycles. The summed E-state index contributed by atoms with van der Waals surface area (Å²) in [6.45, 7) is 0.445. The van der Waals surface area contributed by atoms with Crippen molar-refractivity contribution in [1.29, 1.82) is 0 Å². The highest BCUT2D eigenvalue weighted by atomic mass is 16.4. The number of carboxylic acid groups (broad SMARTS) is 1. The van der Waals surface area contributed by atoms with Crippen LogP contribution in [-0.2, 0) is 6.54 Å². The van der Waals surface area contributed by atoms with Crippen LogP contribution in [0.1, 0.15) is 16.2 Å². The van der Waals surface area contributed by atoms with Crippen LogP contribution in [0.3, 0.4) is 0 Å². The minimum absolute atomic E-state index is 0.0926. The highest BCUT2D eigenvalue weighted by Crippen LogP contribution is 2.27. The average Bonchev–Trinajstić information content (AvgIpc) is 2.73. The van der Waals surface area contributed by atoms with Gasteiger partial charge in [0.05, 0.1) is 29.8 Å². The lowest BCUT2D eigenvalue weighted by molar-refractivity contribution is 0.0690. The lowest BCUT2D eigenvalue weighted by Crippen LogP contribution is -2.17. The second kappa shape index (κ2) is 3.06. The van der Waals surface area contributed by atoms with Gasteiger partial charge in [-0.05, 0) is 6.07 Å². The maximum atomic E-state index is 10.9. The van der Waals surface area contributed by atoms with Crippen molar-refractivity contribution in [1.82, 2.24) is 14.5 Å². The van der Waals surface area contributed by atoms with Gasteiger partial charge in [0, 0.05) is 6.20 Å². The average molecular weight is 216 g/mol. The first-order valence-corrected chi connectivity index (χ1v) is 4.75. The van der Waals surface area contributed by atoms with E-state index in [0.717, 1.165) is 11.4 Å². The molecule has 0 radical (unpaired) electrons. The first kappa shape index (κ1) is 8.90. The Labute approximate surface area is 90.6 Å². The normalized spacial score (nSPS) is 12.5. The lowest BCUT2D eigenvalue weighted by Gasteiger charge is -2.19. The zero-order valence-corrected chi connectivity index (χ0v) is 8.21. The van der Waals surface area contributed by atoms with Gasteiger partial charge in [-0.1, -0.05) is 0 Å². The SMILES string of the molecule is O=C(O)c1ncn2c1CNc1cnccc1-2. The Hall–Kier alpha value is -2.37. The first-order chi connectivity index (χ1) is 7.77. The summed E-state index contributed by atoms with van der Waals surface area (Å²) < 4.78 is 1.77. The number of hydrogen-bond acceptors (Lipinski definition) is 4. The van der Waals surface area contributed by atoms with Crippen molar-refractivity contribution in [2.75, 3.05) is 5.32 Å². The van der Waals surface area contributed by atoms with E-state index in [4.69, 9.17) is 5.11 Å². The van der Waals surface area contributed by atoms with Gasteiger partial charge >= 0.3 is 5.97 Å². The number of aromatic carboxylic acids is 1. The topological polar surface area (TPSA) is 80.0 Å². The third-order valence-electron chi connectivity index (χ3n) is 2.57. The van der Waals surface area contributed by atoms with Gasteiger partial charge in [-0.2, -0.15) is 0 Å². The van der Waals surface area contributed by atoms with E-state index in [-0.39, 0.29) is 5.69 Å². The lowest BCUT2D eigenvalue weighted by atomic mass is 10.2. The molecule has 0 spiro atoms. The molecule has 3 heterocycles. The Morgan fingerprint density at radius 1 is 1.56 bits per heavy atom. The molecule has 0 aliphatic carbocycles. The maximum Gasteiger partial charge on any atom is 0.356 e. The Balaban J connectivity index is 2.23. The number of rotatable bonds is 1. The van der Waals surface area contributed by atoms with E-state index < -0.39 is 5.97 Å². The van der Waals surface area contributed by atoms with Crippen LogP contribution in [0, 0.1) is 0 Å². The van der Waals surface area contributed by atoms with Gasteiger partial charge in [-0.3, -0.25) is 9.55 Å². The van der Waals surface area contributed by atoms with Crippen LogP contribution in [0.4, 0.5) is 5.69 Å². The zero-order valence-electron chi connectivity index (χ0n) is 8.21. The fourth-order valence-corrected chi connectivity index (χ4v) is 1.84. The van der Waals surface area contributed by atoms with E-state index in [1.165, 1.54) is 6.33 Å². The quantitative estimate of drug-likeness (QED) is 0.740. The highest BCUT2D eigenvalue weighted by molar-refractivity contribution is 5.87. The van der Waals surface area contributed by atoms with Crippen molar-refractivity contribution in [3.05, 3.63) is 36.2 Å². The van der Waals surface area contributed by atoms with Crippen molar-refractivity contribution in [3.63, 3.8) is 0 Å². The summed E-state index contributed by atoms with van der Waals surface area (Å²) in [5.74, 6) is -1.01. The number of carbonyl (C=O) groups is 1. The molecule has 3 rings (SSSR count). The van der Waals surface area contributed by atoms with Crippen molar-refractivity contribution in [3.8, 4) is 5.69 Å². The molecule has 2 N–H and O–H groups in total. The molecule has 0 unspecified atom stereocenters. The molecule has 0 saturated heterocycles. The smallest absolute Gasteiger partial charge is 0.356 e. The van der Waals surface area contributed by atoms with Crippen LogP contribution in [0.15, 0.2) is 24.8 Å². The molecular weight excluding hydrogens is 208 g/mol. The summed E-state index contributed by atoms with van der Waals surface area (Å²) in [6, 6.07) is 1.82. The fraction of sp³-hybridized carbons (Fsp3) is 0.100. The van der Waals surface area contributed by atoms with Gasteiger partial charge in [0.2, 0.25) is 0 Å². The van der Waals surface area contributed by atoms with Crippen molar-refractivity contribution < 1.29 is 9.90 Å². The Morgan fingerprint density at radius 3 is 3.25 bits per heavy atom. The summed E-state index contributed by atoms with van der Waals surface area (Å²) in [6.07, 6.45) is 4.90. The molecule has 1 aliphatic heterocycles. The largest absolute Gasteiger partial charge is 0.476 e. The molecule has 0 fully saturated rings. The number of hydrogen-bond donors (Lipinski definition) is 2. The maximum absolute atomic E-state index is 10.9. The fourth-order valence-electron chi connectivity index (χ4n) is 1.84. The number of nitrogens with zero attached hydrogens (tertiary/aromatic N) is 3. The summed E-state index contributed by atoms with van der Waals surface area (Å²) >= 11 is 0. The molecule has 0 amide bonds. The second-order valence-corrected chi connectivity index (χ2v) is 3.46. The molecule has 6 heteroatoms. The van der Waals surface area contributed by atoms with Gasteiger partial charge in [0.15, 0.2) is 5.69 Å². The number of anilines is 1. The highest BCUT2D eigenvalue weighted by Gasteiger charge is 2.22. The number of fused-ring (bicyclic) bond motifs is 3. The Kier molecular flexibility index (Phi) is 1.70. The van der Waals surface area contributed by atoms with Crippen LogP contribution >= 0.6 is 0 Å². The summed E-state index contributed by atoms with van der Waals surface area (Å²) in [7, 11) is 0. The van der Waals surface area contributed by atoms with Gasteiger partial charge in [0.1, 0.15) is 6.33 Å². The Bertz CT molecular complexity index is 576. The second-order valence-electron chi connectivity index (χ2n) is 3.46. The van der Waals surface area contributed by atoms with Crippen molar-refractivity contribution in [2.24, 2.45) is 0 Å². The van der Waals surface area contributed by atoms with Crippen LogP contribution in [0.5, 0.6) is 0 Å². The van der Waals surface area contributed by atoms with E-state index >= 15 is 0 Å². The van der Waals surface area contributed by atoms with E-state index in [2.05, 4.69) is 15.3 Å². The van der Waals surface area contributed by atoms with E-state index in [9.17, 15) is 4.79 Å². The number of carboxylic acids is 1. The van der Waals surface area contributed by atoms with Crippen LogP contribution in [-0.4, -0.2) is 25.6 Å².